The first kappa shape index (κ1) is 16.2. The van der Waals surface area contributed by atoms with Crippen LogP contribution in [0.25, 0.3) is 0 Å². The number of hydrogen-bond donors (Lipinski definition) is 2. The van der Waals surface area contributed by atoms with E-state index < -0.39 is 10.0 Å². The van der Waals surface area contributed by atoms with Gasteiger partial charge in [-0.3, -0.25) is 0 Å². The minimum absolute atomic E-state index is 0.0777. The molecule has 118 valence electrons. The summed E-state index contributed by atoms with van der Waals surface area (Å²) in [6, 6.07) is 0. The van der Waals surface area contributed by atoms with Crippen LogP contribution in [0, 0.1) is 5.41 Å². The van der Waals surface area contributed by atoms with Gasteiger partial charge in [-0.2, -0.15) is 0 Å². The van der Waals surface area contributed by atoms with E-state index in [0.717, 1.165) is 38.8 Å². The minimum Gasteiger partial charge on any atom is -0.384 e. The van der Waals surface area contributed by atoms with Gasteiger partial charge in [0.2, 0.25) is 10.0 Å². The summed E-state index contributed by atoms with van der Waals surface area (Å²) in [6.45, 7) is 3.56. The monoisotopic (exact) mass is 306 g/mol. The van der Waals surface area contributed by atoms with Gasteiger partial charge < -0.3 is 14.8 Å². The van der Waals surface area contributed by atoms with Gasteiger partial charge in [-0.05, 0) is 38.8 Å². The van der Waals surface area contributed by atoms with Crippen LogP contribution in [-0.2, 0) is 19.5 Å². The van der Waals surface area contributed by atoms with Crippen molar-refractivity contribution >= 4 is 10.0 Å². The smallest absolute Gasteiger partial charge is 0.214 e. The molecule has 2 saturated heterocycles. The Bertz CT molecular complexity index is 382. The van der Waals surface area contributed by atoms with Gasteiger partial charge in [-0.15, -0.1) is 0 Å². The summed E-state index contributed by atoms with van der Waals surface area (Å²) < 4.78 is 37.7. The minimum atomic E-state index is -3.27. The van der Waals surface area contributed by atoms with E-state index in [4.69, 9.17) is 9.47 Å². The molecule has 0 aromatic heterocycles. The van der Waals surface area contributed by atoms with Crippen molar-refractivity contribution < 1.29 is 17.9 Å². The molecule has 2 rings (SSSR count). The number of nitrogens with one attached hydrogen (secondary N) is 2. The third-order valence-electron chi connectivity index (χ3n) is 4.21. The fourth-order valence-corrected chi connectivity index (χ4v) is 4.37. The summed E-state index contributed by atoms with van der Waals surface area (Å²) in [7, 11) is -1.60. The maximum atomic E-state index is 12.1. The highest BCUT2D eigenvalue weighted by atomic mass is 32.2. The topological polar surface area (TPSA) is 76.7 Å². The summed E-state index contributed by atoms with van der Waals surface area (Å²) in [6.07, 6.45) is 3.53. The molecule has 2 heterocycles. The van der Waals surface area contributed by atoms with Crippen LogP contribution >= 0.6 is 0 Å². The molecule has 2 aliphatic rings. The van der Waals surface area contributed by atoms with Crippen LogP contribution in [-0.4, -0.2) is 60.2 Å². The molecule has 7 heteroatoms. The molecule has 1 unspecified atom stereocenters. The molecule has 6 nitrogen and oxygen atoms in total. The molecule has 0 aromatic rings. The van der Waals surface area contributed by atoms with Crippen LogP contribution in [0.4, 0.5) is 0 Å². The lowest BCUT2D eigenvalue weighted by Crippen LogP contribution is -2.48. The first-order valence-corrected chi connectivity index (χ1v) is 8.99. The highest BCUT2D eigenvalue weighted by Crippen LogP contribution is 2.28. The van der Waals surface area contributed by atoms with Crippen LogP contribution in [0.3, 0.4) is 0 Å². The molecule has 0 saturated carbocycles. The van der Waals surface area contributed by atoms with Crippen LogP contribution in [0.1, 0.15) is 25.7 Å². The van der Waals surface area contributed by atoms with Crippen LogP contribution < -0.4 is 10.0 Å². The Morgan fingerprint density at radius 1 is 1.40 bits per heavy atom. The average Bonchev–Trinajstić information content (AvgIpc) is 2.90. The van der Waals surface area contributed by atoms with Gasteiger partial charge in [0.1, 0.15) is 0 Å². The highest BCUT2D eigenvalue weighted by molar-refractivity contribution is 7.89. The number of rotatable bonds is 7. The number of ether oxygens (including phenoxy) is 2. The van der Waals surface area contributed by atoms with Gasteiger partial charge in [0.25, 0.3) is 0 Å². The van der Waals surface area contributed by atoms with Gasteiger partial charge >= 0.3 is 0 Å². The molecular formula is C13H26N2O4S. The molecule has 0 aromatic carbocycles. The van der Waals surface area contributed by atoms with Gasteiger partial charge in [-0.25, -0.2) is 13.1 Å². The molecule has 0 bridgehead atoms. The molecular weight excluding hydrogens is 280 g/mol. The molecule has 0 aliphatic carbocycles. The summed E-state index contributed by atoms with van der Waals surface area (Å²) >= 11 is 0. The molecule has 0 amide bonds. The molecule has 0 radical (unpaired) electrons. The van der Waals surface area contributed by atoms with Crippen LogP contribution in [0.5, 0.6) is 0 Å². The molecule has 20 heavy (non-hydrogen) atoms. The summed E-state index contributed by atoms with van der Waals surface area (Å²) in [5.74, 6) is 0.0777. The van der Waals surface area contributed by atoms with Crippen LogP contribution in [0.15, 0.2) is 0 Å². The van der Waals surface area contributed by atoms with Crippen molar-refractivity contribution in [3.63, 3.8) is 0 Å². The lowest BCUT2D eigenvalue weighted by molar-refractivity contribution is 0.0576. The van der Waals surface area contributed by atoms with Crippen molar-refractivity contribution in [2.24, 2.45) is 5.41 Å². The van der Waals surface area contributed by atoms with E-state index >= 15 is 0 Å². The molecule has 2 N–H and O–H groups in total. The lowest BCUT2D eigenvalue weighted by atomic mass is 9.80. The van der Waals surface area contributed by atoms with Crippen molar-refractivity contribution in [1.82, 2.24) is 10.0 Å². The predicted molar refractivity (Wildman–Crippen MR) is 77.2 cm³/mol. The zero-order valence-corrected chi connectivity index (χ0v) is 13.0. The number of sulfonamides is 1. The van der Waals surface area contributed by atoms with Gasteiger partial charge in [0.15, 0.2) is 0 Å². The van der Waals surface area contributed by atoms with E-state index in [1.807, 2.05) is 0 Å². The van der Waals surface area contributed by atoms with E-state index in [9.17, 15) is 8.42 Å². The van der Waals surface area contributed by atoms with Crippen molar-refractivity contribution in [3.8, 4) is 0 Å². The maximum Gasteiger partial charge on any atom is 0.214 e. The lowest BCUT2D eigenvalue weighted by Gasteiger charge is -2.37. The normalized spacial score (nSPS) is 26.8. The first-order chi connectivity index (χ1) is 9.55. The Labute approximate surface area is 121 Å². The number of piperidine rings is 1. The van der Waals surface area contributed by atoms with Crippen LogP contribution in [0.2, 0.25) is 0 Å². The van der Waals surface area contributed by atoms with Gasteiger partial charge in [-0.1, -0.05) is 0 Å². The second kappa shape index (κ2) is 7.17. The second-order valence-electron chi connectivity index (χ2n) is 5.92. The first-order valence-electron chi connectivity index (χ1n) is 7.34. The van der Waals surface area contributed by atoms with E-state index in [1.54, 1.807) is 7.11 Å². The van der Waals surface area contributed by atoms with E-state index in [2.05, 4.69) is 10.0 Å². The number of methoxy groups -OCH3 is 1. The third-order valence-corrected chi connectivity index (χ3v) is 5.61. The summed E-state index contributed by atoms with van der Waals surface area (Å²) in [5.41, 5.74) is -0.0798. The van der Waals surface area contributed by atoms with E-state index in [-0.39, 0.29) is 17.3 Å². The van der Waals surface area contributed by atoms with Crippen molar-refractivity contribution in [3.05, 3.63) is 0 Å². The maximum absolute atomic E-state index is 12.1. The molecule has 2 fully saturated rings. The quantitative estimate of drug-likeness (QED) is 0.698. The Hall–Kier alpha value is -0.210. The fraction of sp³-hybridized carbons (Fsp3) is 1.00. The summed E-state index contributed by atoms with van der Waals surface area (Å²) in [5, 5.41) is 3.30. The number of hydrogen-bond acceptors (Lipinski definition) is 5. The second-order valence-corrected chi connectivity index (χ2v) is 7.77. The standard InChI is InChI=1S/C13H26N2O4S/c1-18-11-13(4-6-14-7-5-13)10-15-20(16,17)9-12-3-2-8-19-12/h12,14-15H,2-11H2,1H3. The van der Waals surface area contributed by atoms with Gasteiger partial charge in [0, 0.05) is 25.7 Å². The van der Waals surface area contributed by atoms with Crippen molar-refractivity contribution in [2.75, 3.05) is 45.7 Å². The van der Waals surface area contributed by atoms with Crippen molar-refractivity contribution in [1.29, 1.82) is 0 Å². The Kier molecular flexibility index (Phi) is 5.80. The Morgan fingerprint density at radius 2 is 2.15 bits per heavy atom. The average molecular weight is 306 g/mol. The Balaban J connectivity index is 1.87. The zero-order chi connectivity index (χ0) is 14.5. The molecule has 0 spiro atoms. The molecule has 2 aliphatic heterocycles. The summed E-state index contributed by atoms with van der Waals surface area (Å²) in [4.78, 5) is 0. The van der Waals surface area contributed by atoms with E-state index in [0.29, 0.717) is 19.8 Å². The largest absolute Gasteiger partial charge is 0.384 e. The van der Waals surface area contributed by atoms with E-state index in [1.165, 1.54) is 0 Å². The third kappa shape index (κ3) is 4.66. The zero-order valence-electron chi connectivity index (χ0n) is 12.2. The fourth-order valence-electron chi connectivity index (χ4n) is 2.98. The highest BCUT2D eigenvalue weighted by Gasteiger charge is 2.34. The van der Waals surface area contributed by atoms with Gasteiger partial charge in [0.05, 0.1) is 18.5 Å². The van der Waals surface area contributed by atoms with Crippen molar-refractivity contribution in [2.45, 2.75) is 31.8 Å². The SMILES string of the molecule is COCC1(CNS(=O)(=O)CC2CCCO2)CCNCC1. The Morgan fingerprint density at radius 3 is 2.75 bits per heavy atom. The molecule has 1 atom stereocenters. The predicted octanol–water partition coefficient (Wildman–Crippen LogP) is 0.101.